The predicted molar refractivity (Wildman–Crippen MR) is 80.0 cm³/mol. The van der Waals surface area contributed by atoms with Crippen molar-refractivity contribution in [2.75, 3.05) is 0 Å². The van der Waals surface area contributed by atoms with E-state index in [0.29, 0.717) is 17.5 Å². The predicted octanol–water partition coefficient (Wildman–Crippen LogP) is 4.17. The van der Waals surface area contributed by atoms with Crippen LogP contribution in [-0.2, 0) is 0 Å². The van der Waals surface area contributed by atoms with Gasteiger partial charge in [0.1, 0.15) is 5.75 Å². The fourth-order valence-electron chi connectivity index (χ4n) is 2.20. The highest BCUT2D eigenvalue weighted by Gasteiger charge is 2.19. The Balaban J connectivity index is 2.20. The minimum Gasteiger partial charge on any atom is -0.434 e. The molecule has 3 nitrogen and oxygen atoms in total. The lowest BCUT2D eigenvalue weighted by Gasteiger charge is -2.20. The topological polar surface area (TPSA) is 38.3 Å². The number of halogens is 2. The average molecular weight is 305 g/mol. The van der Waals surface area contributed by atoms with Crippen LogP contribution in [0.4, 0.5) is 8.78 Å². The fraction of sp³-hybridized carbons (Fsp3) is 0.235. The van der Waals surface area contributed by atoms with Gasteiger partial charge in [0, 0.05) is 11.1 Å². The molecule has 1 N–H and O–H groups in total. The van der Waals surface area contributed by atoms with E-state index < -0.39 is 12.7 Å². The lowest BCUT2D eigenvalue weighted by molar-refractivity contribution is -0.0506. The van der Waals surface area contributed by atoms with Crippen molar-refractivity contribution in [1.82, 2.24) is 5.32 Å². The van der Waals surface area contributed by atoms with Crippen molar-refractivity contribution in [1.29, 1.82) is 0 Å². The second-order valence-corrected chi connectivity index (χ2v) is 4.72. The van der Waals surface area contributed by atoms with Crippen LogP contribution in [0.15, 0.2) is 54.6 Å². The van der Waals surface area contributed by atoms with Crippen molar-refractivity contribution in [2.24, 2.45) is 0 Å². The molecular weight excluding hydrogens is 288 g/mol. The normalized spacial score (nSPS) is 12.0. The first kappa shape index (κ1) is 15.9. The second-order valence-electron chi connectivity index (χ2n) is 4.72. The van der Waals surface area contributed by atoms with Crippen LogP contribution in [-0.4, -0.2) is 12.5 Å². The van der Waals surface area contributed by atoms with Crippen LogP contribution in [0.1, 0.15) is 35.3 Å². The van der Waals surface area contributed by atoms with Gasteiger partial charge in [-0.25, -0.2) is 0 Å². The number of carbonyl (C=O) groups excluding carboxylic acids is 1. The highest BCUT2D eigenvalue weighted by atomic mass is 19.3. The maximum atomic E-state index is 12.5. The summed E-state index contributed by atoms with van der Waals surface area (Å²) in [7, 11) is 0. The Morgan fingerprint density at radius 1 is 1.09 bits per heavy atom. The average Bonchev–Trinajstić information content (AvgIpc) is 2.53. The van der Waals surface area contributed by atoms with E-state index in [1.807, 2.05) is 13.0 Å². The summed E-state index contributed by atoms with van der Waals surface area (Å²) < 4.78 is 29.5. The number of ether oxygens (including phenoxy) is 1. The van der Waals surface area contributed by atoms with Crippen molar-refractivity contribution in [3.63, 3.8) is 0 Å². The zero-order valence-electron chi connectivity index (χ0n) is 12.1. The van der Waals surface area contributed by atoms with Gasteiger partial charge in [-0.15, -0.1) is 0 Å². The van der Waals surface area contributed by atoms with Gasteiger partial charge in [-0.2, -0.15) is 8.78 Å². The summed E-state index contributed by atoms with van der Waals surface area (Å²) >= 11 is 0. The van der Waals surface area contributed by atoms with Gasteiger partial charge in [-0.05, 0) is 24.6 Å². The maximum Gasteiger partial charge on any atom is 0.387 e. The molecule has 0 fully saturated rings. The van der Waals surface area contributed by atoms with Crippen molar-refractivity contribution < 1.29 is 18.3 Å². The van der Waals surface area contributed by atoms with Crippen LogP contribution in [0, 0.1) is 0 Å². The van der Waals surface area contributed by atoms with Gasteiger partial charge in [0.05, 0.1) is 6.04 Å². The smallest absolute Gasteiger partial charge is 0.387 e. The Morgan fingerprint density at radius 3 is 2.36 bits per heavy atom. The van der Waals surface area contributed by atoms with Crippen LogP contribution < -0.4 is 10.1 Å². The van der Waals surface area contributed by atoms with Crippen molar-refractivity contribution >= 4 is 5.91 Å². The lowest BCUT2D eigenvalue weighted by Crippen LogP contribution is -2.28. The van der Waals surface area contributed by atoms with Crippen LogP contribution in [0.5, 0.6) is 5.75 Å². The van der Waals surface area contributed by atoms with Crippen LogP contribution >= 0.6 is 0 Å². The zero-order valence-corrected chi connectivity index (χ0v) is 12.1. The summed E-state index contributed by atoms with van der Waals surface area (Å²) in [5.74, 6) is -0.169. The van der Waals surface area contributed by atoms with Crippen LogP contribution in [0.25, 0.3) is 0 Å². The number of benzene rings is 2. The summed E-state index contributed by atoms with van der Waals surface area (Å²) in [6, 6.07) is 14.8. The molecule has 0 spiro atoms. The number of para-hydroxylation sites is 1. The third kappa shape index (κ3) is 4.04. The van der Waals surface area contributed by atoms with E-state index in [1.54, 1.807) is 42.5 Å². The van der Waals surface area contributed by atoms with E-state index in [4.69, 9.17) is 0 Å². The minimum atomic E-state index is -2.90. The number of rotatable bonds is 6. The lowest BCUT2D eigenvalue weighted by atomic mass is 10.0. The third-order valence-electron chi connectivity index (χ3n) is 3.26. The number of amides is 1. The number of hydrogen-bond donors (Lipinski definition) is 1. The van der Waals surface area contributed by atoms with E-state index in [9.17, 15) is 13.6 Å². The van der Waals surface area contributed by atoms with Gasteiger partial charge < -0.3 is 10.1 Å². The molecule has 2 aromatic carbocycles. The maximum absolute atomic E-state index is 12.5. The van der Waals surface area contributed by atoms with E-state index in [-0.39, 0.29) is 11.7 Å². The van der Waals surface area contributed by atoms with Gasteiger partial charge in [0.2, 0.25) is 0 Å². The highest BCUT2D eigenvalue weighted by Crippen LogP contribution is 2.28. The molecule has 0 unspecified atom stereocenters. The third-order valence-corrected chi connectivity index (χ3v) is 3.26. The standard InChI is InChI=1S/C17H17F2NO2/c1-2-14(20-16(21)12-8-4-3-5-9-12)13-10-6-7-11-15(13)22-17(18)19/h3-11,14,17H,2H2,1H3,(H,20,21)/t14-/m0/s1. The molecule has 0 aliphatic heterocycles. The molecule has 0 aromatic heterocycles. The van der Waals surface area contributed by atoms with E-state index >= 15 is 0 Å². The molecule has 0 aliphatic rings. The first-order valence-electron chi connectivity index (χ1n) is 7.01. The number of nitrogens with one attached hydrogen (secondary N) is 1. The first-order valence-corrected chi connectivity index (χ1v) is 7.01. The van der Waals surface area contributed by atoms with E-state index in [2.05, 4.69) is 10.1 Å². The monoisotopic (exact) mass is 305 g/mol. The molecule has 2 aromatic rings. The Morgan fingerprint density at radius 2 is 1.73 bits per heavy atom. The molecule has 1 atom stereocenters. The molecule has 2 rings (SSSR count). The molecule has 22 heavy (non-hydrogen) atoms. The summed E-state index contributed by atoms with van der Waals surface area (Å²) in [5.41, 5.74) is 1.06. The van der Waals surface area contributed by atoms with Crippen molar-refractivity contribution in [3.8, 4) is 5.75 Å². The molecule has 1 amide bonds. The fourth-order valence-corrected chi connectivity index (χ4v) is 2.20. The zero-order chi connectivity index (χ0) is 15.9. The van der Waals surface area contributed by atoms with E-state index in [1.165, 1.54) is 6.07 Å². The number of carbonyl (C=O) groups is 1. The van der Waals surface area contributed by atoms with Crippen LogP contribution in [0.2, 0.25) is 0 Å². The molecule has 0 saturated heterocycles. The first-order chi connectivity index (χ1) is 10.6. The summed E-state index contributed by atoms with van der Waals surface area (Å²) in [6.45, 7) is -1.03. The Labute approximate surface area is 127 Å². The summed E-state index contributed by atoms with van der Waals surface area (Å²) in [5, 5.41) is 2.85. The van der Waals surface area contributed by atoms with Gasteiger partial charge >= 0.3 is 6.61 Å². The highest BCUT2D eigenvalue weighted by molar-refractivity contribution is 5.94. The summed E-state index contributed by atoms with van der Waals surface area (Å²) in [6.07, 6.45) is 0.558. The molecule has 0 radical (unpaired) electrons. The molecular formula is C17H17F2NO2. The molecule has 0 bridgehead atoms. The minimum absolute atomic E-state index is 0.0812. The largest absolute Gasteiger partial charge is 0.434 e. The molecule has 0 saturated carbocycles. The second kappa shape index (κ2) is 7.54. The summed E-state index contributed by atoms with van der Waals surface area (Å²) in [4.78, 5) is 12.2. The number of hydrogen-bond acceptors (Lipinski definition) is 2. The Hall–Kier alpha value is -2.43. The van der Waals surface area contributed by atoms with Gasteiger partial charge in [0.15, 0.2) is 0 Å². The van der Waals surface area contributed by atoms with Crippen LogP contribution in [0.3, 0.4) is 0 Å². The molecule has 5 heteroatoms. The van der Waals surface area contributed by atoms with Crippen molar-refractivity contribution in [3.05, 3.63) is 65.7 Å². The number of alkyl halides is 2. The molecule has 0 aliphatic carbocycles. The van der Waals surface area contributed by atoms with Crippen molar-refractivity contribution in [2.45, 2.75) is 26.0 Å². The quantitative estimate of drug-likeness (QED) is 0.870. The Kier molecular flexibility index (Phi) is 5.47. The van der Waals surface area contributed by atoms with E-state index in [0.717, 1.165) is 0 Å². The van der Waals surface area contributed by atoms with Gasteiger partial charge in [-0.1, -0.05) is 43.3 Å². The molecule has 0 heterocycles. The molecule has 116 valence electrons. The Bertz CT molecular complexity index is 617. The SMILES string of the molecule is CC[C@H](NC(=O)c1ccccc1)c1ccccc1OC(F)F. The van der Waals surface area contributed by atoms with Gasteiger partial charge in [0.25, 0.3) is 5.91 Å². The van der Waals surface area contributed by atoms with Gasteiger partial charge in [-0.3, -0.25) is 4.79 Å².